The second-order valence-electron chi connectivity index (χ2n) is 37.6. The number of carbonyl (C=O) groups is 3. The standard InChI is InChI=1S/C88H124O9/c1-51(58-38-52(2)77(68(48-58)86(23,24)25)95-71(89)35-32-55-42-62(80(5,6)7)74(92)63(43-55)81(8,9)10)41-61(59-39-53(3)78(69(49-59)87(26,27)28)96-72(90)36-33-56-44-64(82(11,12)13)75(93)65(45-56)83(14,15)16)60-40-54(4)79(70(50-60)88(29,30)31)97-73(91)37-34-57-46-66(84(17,18)19)76(94)67(47-57)85(20,21)22/h38-40,42-51,61,92-94H,32-37,41H2,1-31H3. The third-order valence-corrected chi connectivity index (χ3v) is 19.1. The molecule has 0 spiro atoms. The van der Waals surface area contributed by atoms with Gasteiger partial charge in [0.05, 0.1) is 0 Å². The molecule has 0 bridgehead atoms. The van der Waals surface area contributed by atoms with Crippen LogP contribution >= 0.6 is 0 Å². The van der Waals surface area contributed by atoms with Gasteiger partial charge >= 0.3 is 17.9 Å². The molecule has 0 saturated heterocycles. The van der Waals surface area contributed by atoms with E-state index in [9.17, 15) is 29.7 Å². The summed E-state index contributed by atoms with van der Waals surface area (Å²) in [6.45, 7) is 65.5. The summed E-state index contributed by atoms with van der Waals surface area (Å²) in [6.07, 6.45) is 2.46. The fourth-order valence-electron chi connectivity index (χ4n) is 13.3. The van der Waals surface area contributed by atoms with Gasteiger partial charge in [0, 0.05) is 41.9 Å². The lowest BCUT2D eigenvalue weighted by molar-refractivity contribution is -0.135. The first-order valence-corrected chi connectivity index (χ1v) is 35.6. The number of benzene rings is 6. The summed E-state index contributed by atoms with van der Waals surface area (Å²) in [5.41, 5.74) is 13.4. The highest BCUT2D eigenvalue weighted by molar-refractivity contribution is 5.76. The molecule has 0 fully saturated rings. The molecule has 0 heterocycles. The first-order valence-electron chi connectivity index (χ1n) is 35.6. The maximum absolute atomic E-state index is 14.3. The molecule has 6 aromatic rings. The van der Waals surface area contributed by atoms with Crippen LogP contribution in [0.5, 0.6) is 34.5 Å². The topological polar surface area (TPSA) is 140 Å². The third-order valence-electron chi connectivity index (χ3n) is 19.1. The van der Waals surface area contributed by atoms with Crippen molar-refractivity contribution in [3.8, 4) is 34.5 Å². The maximum atomic E-state index is 14.3. The predicted molar refractivity (Wildman–Crippen MR) is 403 cm³/mol. The van der Waals surface area contributed by atoms with Crippen molar-refractivity contribution in [3.63, 3.8) is 0 Å². The SMILES string of the molecule is Cc1cc(C(C)CC(c2cc(C)c(OC(=O)CCc3cc(C(C)(C)C)c(O)c(C(C)(C)C)c3)c(C(C)(C)C)c2)c2cc(C)c(OC(=O)CCc3cc(C(C)(C)C)c(O)c(C(C)(C)C)c3)c(C(C)(C)C)c2)cc(C(C)(C)C)c1OC(=O)CCc1cc(C(C)(C)C)c(O)c(C(C)(C)C)c1. The minimum absolute atomic E-state index is 0.0418. The second kappa shape index (κ2) is 28.4. The highest BCUT2D eigenvalue weighted by atomic mass is 16.5. The molecule has 97 heavy (non-hydrogen) atoms. The quantitative estimate of drug-likeness (QED) is 0.0601. The zero-order chi connectivity index (χ0) is 73.8. The Morgan fingerprint density at radius 3 is 0.711 bits per heavy atom. The monoisotopic (exact) mass is 1320 g/mol. The second-order valence-corrected chi connectivity index (χ2v) is 37.6. The van der Waals surface area contributed by atoms with Gasteiger partial charge in [0.15, 0.2) is 0 Å². The van der Waals surface area contributed by atoms with Gasteiger partial charge < -0.3 is 29.5 Å². The van der Waals surface area contributed by atoms with Crippen molar-refractivity contribution in [1.82, 2.24) is 0 Å². The zero-order valence-electron chi connectivity index (χ0n) is 65.8. The van der Waals surface area contributed by atoms with Crippen molar-refractivity contribution >= 4 is 17.9 Å². The third kappa shape index (κ3) is 19.5. The van der Waals surface area contributed by atoms with E-state index in [4.69, 9.17) is 14.2 Å². The van der Waals surface area contributed by atoms with Crippen LogP contribution in [-0.2, 0) is 82.4 Å². The van der Waals surface area contributed by atoms with Gasteiger partial charge in [-0.05, 0) is 185 Å². The van der Waals surface area contributed by atoms with Gasteiger partial charge in [-0.15, -0.1) is 0 Å². The lowest BCUT2D eigenvalue weighted by Crippen LogP contribution is -2.21. The maximum Gasteiger partial charge on any atom is 0.311 e. The van der Waals surface area contributed by atoms with Gasteiger partial charge in [-0.2, -0.15) is 0 Å². The van der Waals surface area contributed by atoms with E-state index in [1.807, 2.05) is 57.2 Å². The fourth-order valence-corrected chi connectivity index (χ4v) is 13.3. The molecule has 0 saturated carbocycles. The van der Waals surface area contributed by atoms with E-state index in [1.165, 1.54) is 0 Å². The highest BCUT2D eigenvalue weighted by Crippen LogP contribution is 2.48. The molecule has 6 rings (SSSR count). The number of phenolic OH excluding ortho intramolecular Hbond substituents is 3. The van der Waals surface area contributed by atoms with Crippen LogP contribution in [0.25, 0.3) is 0 Å². The van der Waals surface area contributed by atoms with Crippen LogP contribution in [0.3, 0.4) is 0 Å². The predicted octanol–water partition coefficient (Wildman–Crippen LogP) is 22.3. The molecule has 530 valence electrons. The average Bonchev–Trinajstić information content (AvgIpc) is 0.795. The Labute approximate surface area is 586 Å². The van der Waals surface area contributed by atoms with E-state index >= 15 is 0 Å². The van der Waals surface area contributed by atoms with Crippen molar-refractivity contribution in [2.75, 3.05) is 0 Å². The molecule has 9 heteroatoms. The van der Waals surface area contributed by atoms with Crippen molar-refractivity contribution in [2.45, 2.75) is 320 Å². The van der Waals surface area contributed by atoms with Gasteiger partial charge in [-0.1, -0.05) is 267 Å². The molecule has 0 amide bonds. The van der Waals surface area contributed by atoms with Crippen molar-refractivity contribution < 1.29 is 43.9 Å². The zero-order valence-corrected chi connectivity index (χ0v) is 65.8. The van der Waals surface area contributed by atoms with Crippen LogP contribution in [-0.4, -0.2) is 33.2 Å². The Hall–Kier alpha value is -6.87. The molecular formula is C88H124O9. The summed E-state index contributed by atoms with van der Waals surface area (Å²) in [4.78, 5) is 42.8. The van der Waals surface area contributed by atoms with Crippen LogP contribution in [0.4, 0.5) is 0 Å². The number of carbonyl (C=O) groups excluding carboxylic acids is 3. The van der Waals surface area contributed by atoms with Crippen LogP contribution in [0.15, 0.2) is 72.8 Å². The number of hydrogen-bond donors (Lipinski definition) is 3. The van der Waals surface area contributed by atoms with E-state index in [0.29, 0.717) is 60.2 Å². The minimum atomic E-state index is -0.458. The van der Waals surface area contributed by atoms with Crippen molar-refractivity contribution in [1.29, 1.82) is 0 Å². The first kappa shape index (κ1) is 79.1. The molecule has 0 aliphatic carbocycles. The van der Waals surface area contributed by atoms with Gasteiger partial charge in [0.2, 0.25) is 0 Å². The number of hydrogen-bond acceptors (Lipinski definition) is 9. The number of rotatable bonds is 17. The summed E-state index contributed by atoms with van der Waals surface area (Å²) in [7, 11) is 0. The van der Waals surface area contributed by atoms with E-state index in [-0.39, 0.29) is 81.5 Å². The summed E-state index contributed by atoms with van der Waals surface area (Å²) in [5, 5.41) is 34.4. The summed E-state index contributed by atoms with van der Waals surface area (Å²) < 4.78 is 19.6. The number of ether oxygens (including phenoxy) is 3. The van der Waals surface area contributed by atoms with E-state index in [0.717, 1.165) is 100 Å². The highest BCUT2D eigenvalue weighted by Gasteiger charge is 2.35. The van der Waals surface area contributed by atoms with E-state index in [2.05, 4.69) is 230 Å². The van der Waals surface area contributed by atoms with Crippen LogP contribution in [0, 0.1) is 20.8 Å². The van der Waals surface area contributed by atoms with E-state index in [1.54, 1.807) is 0 Å². The molecule has 0 aliphatic heterocycles. The molecule has 1 atom stereocenters. The van der Waals surface area contributed by atoms with Gasteiger partial charge in [0.1, 0.15) is 34.5 Å². The Bertz CT molecular complexity index is 3620. The average molecular weight is 1330 g/mol. The van der Waals surface area contributed by atoms with E-state index < -0.39 is 16.2 Å². The largest absolute Gasteiger partial charge is 0.507 e. The number of aryl methyl sites for hydroxylation is 6. The molecule has 6 aromatic carbocycles. The first-order chi connectivity index (χ1) is 43.9. The molecule has 0 aromatic heterocycles. The normalized spacial score (nSPS) is 13.5. The Balaban J connectivity index is 1.44. The fraction of sp³-hybridized carbons (Fsp3) is 0.557. The van der Waals surface area contributed by atoms with Gasteiger partial charge in [0.25, 0.3) is 0 Å². The van der Waals surface area contributed by atoms with Crippen molar-refractivity contribution in [3.05, 3.63) is 173 Å². The molecule has 3 N–H and O–H groups in total. The molecule has 1 unspecified atom stereocenters. The number of aromatic hydroxyl groups is 3. The lowest BCUT2D eigenvalue weighted by atomic mass is 9.75. The number of phenols is 3. The van der Waals surface area contributed by atoms with Gasteiger partial charge in [-0.3, -0.25) is 14.4 Å². The van der Waals surface area contributed by atoms with Gasteiger partial charge in [-0.25, -0.2) is 0 Å². The van der Waals surface area contributed by atoms with Crippen LogP contribution in [0.2, 0.25) is 0 Å². The Kier molecular flexibility index (Phi) is 23.2. The molecule has 0 aliphatic rings. The summed E-state index contributed by atoms with van der Waals surface area (Å²) >= 11 is 0. The molecule has 9 nitrogen and oxygen atoms in total. The lowest BCUT2D eigenvalue weighted by Gasteiger charge is -2.31. The summed E-state index contributed by atoms with van der Waals surface area (Å²) in [5.74, 6) is 1.36. The van der Waals surface area contributed by atoms with Crippen LogP contribution < -0.4 is 14.2 Å². The Morgan fingerprint density at radius 2 is 0.505 bits per heavy atom. The minimum Gasteiger partial charge on any atom is -0.507 e. The van der Waals surface area contributed by atoms with Crippen LogP contribution in [0.1, 0.15) is 332 Å². The summed E-state index contributed by atoms with van der Waals surface area (Å²) in [6, 6.07) is 25.4. The van der Waals surface area contributed by atoms with Crippen molar-refractivity contribution in [2.24, 2.45) is 0 Å². The smallest absolute Gasteiger partial charge is 0.311 e. The molecular weight excluding hydrogens is 1200 g/mol. The molecule has 0 radical (unpaired) electrons. The Morgan fingerprint density at radius 1 is 0.309 bits per heavy atom. The number of esters is 3.